The number of rotatable bonds is 7. The van der Waals surface area contributed by atoms with Crippen LogP contribution in [0.15, 0.2) is 53.4 Å². The summed E-state index contributed by atoms with van der Waals surface area (Å²) in [6.07, 6.45) is 0. The molecule has 2 aromatic rings. The van der Waals surface area contributed by atoms with Crippen molar-refractivity contribution in [3.8, 4) is 0 Å². The lowest BCUT2D eigenvalue weighted by atomic mass is 10.3. The second kappa shape index (κ2) is 8.45. The van der Waals surface area contributed by atoms with Crippen LogP contribution in [0.4, 0.5) is 11.4 Å². The van der Waals surface area contributed by atoms with Crippen LogP contribution < -0.4 is 16.4 Å². The molecule has 0 heterocycles. The number of halogens is 1. The highest BCUT2D eigenvalue weighted by molar-refractivity contribution is 8.00. The van der Waals surface area contributed by atoms with Crippen LogP contribution in [0.1, 0.15) is 0 Å². The number of anilines is 2. The van der Waals surface area contributed by atoms with Crippen molar-refractivity contribution in [2.75, 3.05) is 22.9 Å². The summed E-state index contributed by atoms with van der Waals surface area (Å²) in [7, 11) is 0. The molecule has 0 aliphatic carbocycles. The fraction of sp³-hybridized carbons (Fsp3) is 0.125. The van der Waals surface area contributed by atoms with Crippen LogP contribution in [0, 0.1) is 0 Å². The monoisotopic (exact) mass is 349 g/mol. The third kappa shape index (κ3) is 5.84. The summed E-state index contributed by atoms with van der Waals surface area (Å²) in [5.74, 6) is -0.390. The quantitative estimate of drug-likeness (QED) is 0.671. The Morgan fingerprint density at radius 1 is 1.13 bits per heavy atom. The van der Waals surface area contributed by atoms with Gasteiger partial charge in [-0.3, -0.25) is 9.59 Å². The van der Waals surface area contributed by atoms with E-state index in [1.54, 1.807) is 24.3 Å². The fourth-order valence-corrected chi connectivity index (χ4v) is 2.79. The van der Waals surface area contributed by atoms with E-state index in [1.807, 2.05) is 24.3 Å². The van der Waals surface area contributed by atoms with E-state index < -0.39 is 0 Å². The summed E-state index contributed by atoms with van der Waals surface area (Å²) in [4.78, 5) is 23.7. The van der Waals surface area contributed by atoms with Gasteiger partial charge in [-0.15, -0.1) is 11.8 Å². The molecule has 0 aromatic heterocycles. The number of hydrogen-bond donors (Lipinski definition) is 3. The highest BCUT2D eigenvalue weighted by Gasteiger charge is 2.07. The van der Waals surface area contributed by atoms with Gasteiger partial charge in [0.15, 0.2) is 0 Å². The Kier molecular flexibility index (Phi) is 6.31. The molecule has 0 aliphatic heterocycles. The van der Waals surface area contributed by atoms with Crippen LogP contribution in [0.2, 0.25) is 5.02 Å². The SMILES string of the molecule is NC(=O)CSc1ccccc1NCC(=O)Nc1cccc(Cl)c1. The summed E-state index contributed by atoms with van der Waals surface area (Å²) in [6, 6.07) is 14.4. The van der Waals surface area contributed by atoms with E-state index in [0.29, 0.717) is 10.7 Å². The van der Waals surface area contributed by atoms with Crippen LogP contribution >= 0.6 is 23.4 Å². The molecule has 5 nitrogen and oxygen atoms in total. The molecule has 2 rings (SSSR count). The molecule has 120 valence electrons. The summed E-state index contributed by atoms with van der Waals surface area (Å²) in [5.41, 5.74) is 6.57. The number of carbonyl (C=O) groups is 2. The summed E-state index contributed by atoms with van der Waals surface area (Å²) in [6.45, 7) is 0.0979. The van der Waals surface area contributed by atoms with Gasteiger partial charge in [-0.05, 0) is 30.3 Å². The van der Waals surface area contributed by atoms with Gasteiger partial charge >= 0.3 is 0 Å². The molecule has 0 atom stereocenters. The predicted molar refractivity (Wildman–Crippen MR) is 94.9 cm³/mol. The number of benzene rings is 2. The van der Waals surface area contributed by atoms with Crippen LogP contribution in [-0.2, 0) is 9.59 Å². The fourth-order valence-electron chi connectivity index (χ4n) is 1.83. The molecule has 0 spiro atoms. The third-order valence-electron chi connectivity index (χ3n) is 2.80. The normalized spacial score (nSPS) is 10.1. The molecule has 0 unspecified atom stereocenters. The summed E-state index contributed by atoms with van der Waals surface area (Å²) >= 11 is 7.20. The summed E-state index contributed by atoms with van der Waals surface area (Å²) in [5, 5.41) is 6.37. The van der Waals surface area contributed by atoms with Crippen molar-refractivity contribution in [2.45, 2.75) is 4.90 Å². The smallest absolute Gasteiger partial charge is 0.243 e. The number of hydrogen-bond acceptors (Lipinski definition) is 4. The largest absolute Gasteiger partial charge is 0.375 e. The molecule has 2 aromatic carbocycles. The lowest BCUT2D eigenvalue weighted by Crippen LogP contribution is -2.22. The zero-order chi connectivity index (χ0) is 16.7. The molecule has 0 aliphatic rings. The van der Waals surface area contributed by atoms with Gasteiger partial charge in [0, 0.05) is 21.3 Å². The molecular weight excluding hydrogens is 334 g/mol. The molecular formula is C16H16ClN3O2S. The molecule has 0 bridgehead atoms. The Bertz CT molecular complexity index is 709. The van der Waals surface area contributed by atoms with E-state index >= 15 is 0 Å². The van der Waals surface area contributed by atoms with Crippen molar-refractivity contribution in [3.63, 3.8) is 0 Å². The average molecular weight is 350 g/mol. The van der Waals surface area contributed by atoms with Crippen molar-refractivity contribution in [3.05, 3.63) is 53.6 Å². The first-order chi connectivity index (χ1) is 11.0. The first kappa shape index (κ1) is 17.2. The Morgan fingerprint density at radius 3 is 2.65 bits per heavy atom. The second-order valence-corrected chi connectivity index (χ2v) is 6.12. The van der Waals surface area contributed by atoms with Crippen molar-refractivity contribution < 1.29 is 9.59 Å². The molecule has 0 saturated heterocycles. The van der Waals surface area contributed by atoms with E-state index in [4.69, 9.17) is 17.3 Å². The van der Waals surface area contributed by atoms with Gasteiger partial charge < -0.3 is 16.4 Å². The number of nitrogens with two attached hydrogens (primary N) is 1. The maximum absolute atomic E-state index is 12.0. The van der Waals surface area contributed by atoms with Crippen molar-refractivity contribution in [2.24, 2.45) is 5.73 Å². The van der Waals surface area contributed by atoms with Crippen LogP contribution in [0.25, 0.3) is 0 Å². The predicted octanol–water partition coefficient (Wildman–Crippen LogP) is 2.97. The summed E-state index contributed by atoms with van der Waals surface area (Å²) < 4.78 is 0. The van der Waals surface area contributed by atoms with Gasteiger partial charge in [-0.2, -0.15) is 0 Å². The Labute approximate surface area is 143 Å². The highest BCUT2D eigenvalue weighted by Crippen LogP contribution is 2.26. The van der Waals surface area contributed by atoms with Gasteiger partial charge in [0.1, 0.15) is 0 Å². The average Bonchev–Trinajstić information content (AvgIpc) is 2.51. The zero-order valence-electron chi connectivity index (χ0n) is 12.2. The molecule has 7 heteroatoms. The van der Waals surface area contributed by atoms with Crippen LogP contribution in [-0.4, -0.2) is 24.1 Å². The first-order valence-corrected chi connectivity index (χ1v) is 8.20. The maximum atomic E-state index is 12.0. The minimum Gasteiger partial charge on any atom is -0.375 e. The van der Waals surface area contributed by atoms with Gasteiger partial charge in [-0.1, -0.05) is 29.8 Å². The van der Waals surface area contributed by atoms with E-state index in [9.17, 15) is 9.59 Å². The molecule has 23 heavy (non-hydrogen) atoms. The van der Waals surface area contributed by atoms with Crippen molar-refractivity contribution in [1.29, 1.82) is 0 Å². The van der Waals surface area contributed by atoms with E-state index in [-0.39, 0.29) is 24.1 Å². The molecule has 0 saturated carbocycles. The van der Waals surface area contributed by atoms with Crippen LogP contribution in [0.3, 0.4) is 0 Å². The van der Waals surface area contributed by atoms with E-state index in [2.05, 4.69) is 10.6 Å². The van der Waals surface area contributed by atoms with Gasteiger partial charge in [0.05, 0.1) is 12.3 Å². The Balaban J connectivity index is 1.92. The van der Waals surface area contributed by atoms with Gasteiger partial charge in [0.2, 0.25) is 11.8 Å². The topological polar surface area (TPSA) is 84.2 Å². The maximum Gasteiger partial charge on any atom is 0.243 e. The van der Waals surface area contributed by atoms with E-state index in [1.165, 1.54) is 11.8 Å². The molecule has 0 radical (unpaired) electrons. The lowest BCUT2D eigenvalue weighted by molar-refractivity contribution is -0.116. The van der Waals surface area contributed by atoms with Gasteiger partial charge in [0.25, 0.3) is 0 Å². The van der Waals surface area contributed by atoms with E-state index in [0.717, 1.165) is 10.6 Å². The number of carbonyl (C=O) groups excluding carboxylic acids is 2. The standard InChI is InChI=1S/C16H16ClN3O2S/c17-11-4-3-5-12(8-11)20-16(22)9-19-13-6-1-2-7-14(13)23-10-15(18)21/h1-8,19H,9-10H2,(H2,18,21)(H,20,22). The molecule has 0 fully saturated rings. The Morgan fingerprint density at radius 2 is 1.91 bits per heavy atom. The van der Waals surface area contributed by atoms with Gasteiger partial charge in [-0.25, -0.2) is 0 Å². The number of amides is 2. The number of primary amides is 1. The van der Waals surface area contributed by atoms with Crippen molar-refractivity contribution >= 4 is 46.6 Å². The second-order valence-electron chi connectivity index (χ2n) is 4.66. The lowest BCUT2D eigenvalue weighted by Gasteiger charge is -2.11. The minimum absolute atomic E-state index is 0.0979. The van der Waals surface area contributed by atoms with Crippen LogP contribution in [0.5, 0.6) is 0 Å². The Hall–Kier alpha value is -2.18. The third-order valence-corrected chi connectivity index (χ3v) is 4.14. The number of para-hydroxylation sites is 1. The molecule has 2 amide bonds. The zero-order valence-corrected chi connectivity index (χ0v) is 13.8. The molecule has 4 N–H and O–H groups in total. The minimum atomic E-state index is -0.386. The van der Waals surface area contributed by atoms with Crippen molar-refractivity contribution in [1.82, 2.24) is 0 Å². The number of nitrogens with one attached hydrogen (secondary N) is 2. The number of thioether (sulfide) groups is 1. The highest BCUT2D eigenvalue weighted by atomic mass is 35.5. The first-order valence-electron chi connectivity index (χ1n) is 6.84.